The molecule has 10 heteroatoms. The van der Waals surface area contributed by atoms with Crippen LogP contribution in [0.1, 0.15) is 13.3 Å². The molecule has 0 saturated heterocycles. The highest BCUT2D eigenvalue weighted by molar-refractivity contribution is 8.06. The van der Waals surface area contributed by atoms with Gasteiger partial charge in [0.2, 0.25) is 10.0 Å². The average Bonchev–Trinajstić information content (AvgIpc) is 2.12. The van der Waals surface area contributed by atoms with Gasteiger partial charge in [0.05, 0.1) is 0 Å². The van der Waals surface area contributed by atoms with Crippen LogP contribution in [-0.2, 0) is 19.9 Å². The van der Waals surface area contributed by atoms with Crippen LogP contribution in [0.2, 0.25) is 0 Å². The molecule has 0 aliphatic heterocycles. The molecule has 1 unspecified atom stereocenters. The van der Waals surface area contributed by atoms with Crippen LogP contribution < -0.4 is 5.73 Å². The van der Waals surface area contributed by atoms with Crippen molar-refractivity contribution in [2.45, 2.75) is 19.4 Å². The van der Waals surface area contributed by atoms with E-state index in [1.807, 2.05) is 0 Å². The fraction of sp³-hybridized carbons (Fsp3) is 0.857. The number of amidine groups is 1. The summed E-state index contributed by atoms with van der Waals surface area (Å²) in [5.41, 5.74) is 5.24. The molecule has 0 radical (unpaired) electrons. The van der Waals surface area contributed by atoms with Crippen LogP contribution in [0, 0.1) is 0 Å². The van der Waals surface area contributed by atoms with E-state index >= 15 is 0 Å². The fourth-order valence-corrected chi connectivity index (χ4v) is 4.55. The molecule has 0 bridgehead atoms. The number of hydrogen-bond acceptors (Lipinski definition) is 6. The first-order valence-corrected chi connectivity index (χ1v) is 8.26. The van der Waals surface area contributed by atoms with Gasteiger partial charge in [-0.25, -0.2) is 21.1 Å². The molecule has 0 aromatic carbocycles. The number of hydrogen-bond donors (Lipinski definition) is 2. The molecule has 0 amide bonds. The SMILES string of the molecule is CC(CC(N)=NO)N(C)S(=O)(=O)CS(C)(=O)=O. The molecule has 0 aliphatic rings. The summed E-state index contributed by atoms with van der Waals surface area (Å²) < 4.78 is 46.1. The number of oxime groups is 1. The highest BCUT2D eigenvalue weighted by Gasteiger charge is 2.27. The Balaban J connectivity index is 4.87. The summed E-state index contributed by atoms with van der Waals surface area (Å²) in [6, 6.07) is -0.599. The Morgan fingerprint density at radius 3 is 2.24 bits per heavy atom. The fourth-order valence-electron chi connectivity index (χ4n) is 1.10. The Morgan fingerprint density at radius 1 is 1.41 bits per heavy atom. The molecule has 1 atom stereocenters. The normalized spacial score (nSPS) is 16.1. The molecule has 0 spiro atoms. The van der Waals surface area contributed by atoms with Crippen molar-refractivity contribution >= 4 is 25.7 Å². The maximum atomic E-state index is 11.7. The maximum absolute atomic E-state index is 11.7. The van der Waals surface area contributed by atoms with Crippen molar-refractivity contribution in [1.82, 2.24) is 4.31 Å². The predicted octanol–water partition coefficient (Wildman–Crippen LogP) is -1.22. The van der Waals surface area contributed by atoms with E-state index in [9.17, 15) is 16.8 Å². The summed E-state index contributed by atoms with van der Waals surface area (Å²) in [7, 11) is -6.31. The molecule has 0 heterocycles. The molecule has 0 aliphatic carbocycles. The second kappa shape index (κ2) is 5.65. The second-order valence-corrected chi connectivity index (χ2v) is 8.35. The van der Waals surface area contributed by atoms with Gasteiger partial charge < -0.3 is 10.9 Å². The minimum Gasteiger partial charge on any atom is -0.409 e. The summed E-state index contributed by atoms with van der Waals surface area (Å²) in [6.45, 7) is 1.53. The lowest BCUT2D eigenvalue weighted by Crippen LogP contribution is -2.40. The molecule has 3 N–H and O–H groups in total. The third-order valence-corrected chi connectivity index (χ3v) is 6.20. The van der Waals surface area contributed by atoms with Crippen molar-refractivity contribution in [1.29, 1.82) is 0 Å². The highest BCUT2D eigenvalue weighted by Crippen LogP contribution is 2.09. The molecule has 0 aromatic rings. The topological polar surface area (TPSA) is 130 Å². The lowest BCUT2D eigenvalue weighted by Gasteiger charge is -2.23. The van der Waals surface area contributed by atoms with Crippen molar-refractivity contribution < 1.29 is 22.0 Å². The van der Waals surface area contributed by atoms with E-state index in [1.54, 1.807) is 0 Å². The molecule has 102 valence electrons. The van der Waals surface area contributed by atoms with Gasteiger partial charge in [-0.1, -0.05) is 5.16 Å². The quantitative estimate of drug-likeness (QED) is 0.272. The van der Waals surface area contributed by atoms with Crippen molar-refractivity contribution in [2.24, 2.45) is 10.9 Å². The van der Waals surface area contributed by atoms with Gasteiger partial charge in [-0.2, -0.15) is 0 Å². The smallest absolute Gasteiger partial charge is 0.228 e. The summed E-state index contributed by atoms with van der Waals surface area (Å²) in [6.07, 6.45) is 0.850. The van der Waals surface area contributed by atoms with E-state index in [4.69, 9.17) is 10.9 Å². The minimum atomic E-state index is -3.92. The lowest BCUT2D eigenvalue weighted by molar-refractivity contribution is 0.313. The van der Waals surface area contributed by atoms with Gasteiger partial charge in [0.1, 0.15) is 5.84 Å². The molecule has 0 fully saturated rings. The Labute approximate surface area is 101 Å². The molecule has 0 aromatic heterocycles. The largest absolute Gasteiger partial charge is 0.409 e. The van der Waals surface area contributed by atoms with Gasteiger partial charge in [-0.15, -0.1) is 0 Å². The van der Waals surface area contributed by atoms with Gasteiger partial charge in [0.15, 0.2) is 14.9 Å². The van der Waals surface area contributed by atoms with Crippen LogP contribution in [0.4, 0.5) is 0 Å². The van der Waals surface area contributed by atoms with E-state index in [1.165, 1.54) is 14.0 Å². The van der Waals surface area contributed by atoms with Crippen LogP contribution in [-0.4, -0.2) is 56.6 Å². The number of rotatable bonds is 6. The minimum absolute atomic E-state index is 0.00991. The number of nitrogens with zero attached hydrogens (tertiary/aromatic N) is 2. The third-order valence-electron chi connectivity index (χ3n) is 2.06. The molecule has 0 saturated carbocycles. The zero-order chi connectivity index (χ0) is 13.9. The Hall–Kier alpha value is -0.870. The Kier molecular flexibility index (Phi) is 5.36. The number of sulfonamides is 1. The monoisotopic (exact) mass is 287 g/mol. The zero-order valence-corrected chi connectivity index (χ0v) is 11.5. The first-order valence-electron chi connectivity index (χ1n) is 4.59. The van der Waals surface area contributed by atoms with E-state index in [-0.39, 0.29) is 12.3 Å². The standard InChI is InChI=1S/C7H17N3O5S2/c1-6(4-7(8)9-11)10(2)17(14,15)5-16(3,12)13/h6,11H,4-5H2,1-3H3,(H2,8,9). The van der Waals surface area contributed by atoms with Crippen LogP contribution in [0.3, 0.4) is 0 Å². The molecule has 0 rings (SSSR count). The second-order valence-electron chi connectivity index (χ2n) is 3.82. The first-order chi connectivity index (χ1) is 7.49. The van der Waals surface area contributed by atoms with Crippen molar-refractivity contribution in [3.63, 3.8) is 0 Å². The van der Waals surface area contributed by atoms with Crippen LogP contribution >= 0.6 is 0 Å². The van der Waals surface area contributed by atoms with Gasteiger partial charge in [0, 0.05) is 25.8 Å². The van der Waals surface area contributed by atoms with Crippen LogP contribution in [0.15, 0.2) is 5.16 Å². The molecule has 17 heavy (non-hydrogen) atoms. The molecular weight excluding hydrogens is 270 g/mol. The first kappa shape index (κ1) is 16.1. The van der Waals surface area contributed by atoms with E-state index in [0.717, 1.165) is 10.6 Å². The van der Waals surface area contributed by atoms with Gasteiger partial charge >= 0.3 is 0 Å². The molecule has 8 nitrogen and oxygen atoms in total. The third kappa shape index (κ3) is 5.84. The molecular formula is C7H17N3O5S2. The summed E-state index contributed by atoms with van der Waals surface area (Å²) in [5.74, 6) is -0.126. The van der Waals surface area contributed by atoms with Gasteiger partial charge in [-0.05, 0) is 6.92 Å². The van der Waals surface area contributed by atoms with Crippen LogP contribution in [0.5, 0.6) is 0 Å². The number of nitrogens with two attached hydrogens (primary N) is 1. The van der Waals surface area contributed by atoms with Gasteiger partial charge in [0.25, 0.3) is 0 Å². The Bertz CT molecular complexity index is 482. The number of sulfone groups is 1. The summed E-state index contributed by atoms with van der Waals surface area (Å²) >= 11 is 0. The highest BCUT2D eigenvalue weighted by atomic mass is 32.3. The summed E-state index contributed by atoms with van der Waals surface area (Å²) in [5, 5.41) is 10.1. The van der Waals surface area contributed by atoms with Crippen molar-refractivity contribution in [3.05, 3.63) is 0 Å². The zero-order valence-electron chi connectivity index (χ0n) is 9.86. The maximum Gasteiger partial charge on any atom is 0.228 e. The lowest BCUT2D eigenvalue weighted by atomic mass is 10.2. The van der Waals surface area contributed by atoms with E-state index in [0.29, 0.717) is 0 Å². The average molecular weight is 287 g/mol. The van der Waals surface area contributed by atoms with E-state index in [2.05, 4.69) is 5.16 Å². The summed E-state index contributed by atoms with van der Waals surface area (Å²) in [4.78, 5) is 0. The van der Waals surface area contributed by atoms with E-state index < -0.39 is 31.0 Å². The van der Waals surface area contributed by atoms with Crippen molar-refractivity contribution in [2.75, 3.05) is 18.4 Å². The Morgan fingerprint density at radius 2 is 1.88 bits per heavy atom. The van der Waals surface area contributed by atoms with Crippen molar-refractivity contribution in [3.8, 4) is 0 Å². The predicted molar refractivity (Wildman–Crippen MR) is 63.9 cm³/mol. The van der Waals surface area contributed by atoms with Crippen LogP contribution in [0.25, 0.3) is 0 Å². The van der Waals surface area contributed by atoms with Gasteiger partial charge in [-0.3, -0.25) is 0 Å².